The van der Waals surface area contributed by atoms with Crippen molar-refractivity contribution < 1.29 is 9.18 Å². The van der Waals surface area contributed by atoms with Crippen molar-refractivity contribution in [3.05, 3.63) is 52.9 Å². The van der Waals surface area contributed by atoms with Crippen LogP contribution in [-0.2, 0) is 0 Å². The summed E-state index contributed by atoms with van der Waals surface area (Å²) in [5, 5.41) is 0. The molecular formula is C16H18FNO. The van der Waals surface area contributed by atoms with E-state index >= 15 is 0 Å². The molecule has 1 rings (SSSR count). The number of aldehydes is 1. The molecule has 0 saturated carbocycles. The molecule has 0 aliphatic rings. The van der Waals surface area contributed by atoms with Crippen LogP contribution in [-0.4, -0.2) is 12.5 Å². The van der Waals surface area contributed by atoms with Gasteiger partial charge in [-0.1, -0.05) is 25.1 Å². The van der Waals surface area contributed by atoms with E-state index < -0.39 is 5.82 Å². The second-order valence-electron chi connectivity index (χ2n) is 4.11. The molecule has 0 atom stereocenters. The van der Waals surface area contributed by atoms with Gasteiger partial charge in [-0.05, 0) is 38.0 Å². The summed E-state index contributed by atoms with van der Waals surface area (Å²) in [6, 6.07) is 4.47. The summed E-state index contributed by atoms with van der Waals surface area (Å²) in [5.41, 5.74) is 2.06. The number of aliphatic imine (C=N–C) groups is 1. The monoisotopic (exact) mass is 259 g/mol. The van der Waals surface area contributed by atoms with Crippen LogP contribution in [0.1, 0.15) is 43.1 Å². The SMILES string of the molecule is C\C=C/C=N/C(=C(\C)CC)c1c(F)cccc1C=O. The third kappa shape index (κ3) is 3.71. The second-order valence-corrected chi connectivity index (χ2v) is 4.11. The smallest absolute Gasteiger partial charge is 0.150 e. The number of nitrogens with zero attached hydrogens (tertiary/aromatic N) is 1. The molecule has 0 radical (unpaired) electrons. The molecule has 0 bridgehead atoms. The van der Waals surface area contributed by atoms with Gasteiger partial charge in [0.1, 0.15) is 5.82 Å². The van der Waals surface area contributed by atoms with Crippen molar-refractivity contribution in [2.75, 3.05) is 0 Å². The van der Waals surface area contributed by atoms with Crippen LogP contribution in [0, 0.1) is 5.82 Å². The van der Waals surface area contributed by atoms with Gasteiger partial charge in [-0.25, -0.2) is 4.39 Å². The van der Waals surface area contributed by atoms with E-state index in [9.17, 15) is 9.18 Å². The van der Waals surface area contributed by atoms with E-state index in [2.05, 4.69) is 4.99 Å². The Morgan fingerprint density at radius 3 is 2.74 bits per heavy atom. The number of allylic oxidation sites excluding steroid dienone is 3. The fourth-order valence-electron chi connectivity index (χ4n) is 1.65. The van der Waals surface area contributed by atoms with Crippen LogP contribution in [0.3, 0.4) is 0 Å². The van der Waals surface area contributed by atoms with Gasteiger partial charge in [-0.15, -0.1) is 0 Å². The molecule has 1 aromatic rings. The van der Waals surface area contributed by atoms with Crippen molar-refractivity contribution in [3.8, 4) is 0 Å². The van der Waals surface area contributed by atoms with Gasteiger partial charge < -0.3 is 0 Å². The maximum Gasteiger partial charge on any atom is 0.150 e. The average molecular weight is 259 g/mol. The maximum atomic E-state index is 14.0. The van der Waals surface area contributed by atoms with Crippen LogP contribution in [0.5, 0.6) is 0 Å². The van der Waals surface area contributed by atoms with E-state index in [0.29, 0.717) is 17.5 Å². The van der Waals surface area contributed by atoms with E-state index in [1.807, 2.05) is 26.8 Å². The molecule has 0 aromatic heterocycles. The first kappa shape index (κ1) is 15.0. The third-order valence-corrected chi connectivity index (χ3v) is 2.83. The molecule has 19 heavy (non-hydrogen) atoms. The van der Waals surface area contributed by atoms with E-state index in [1.54, 1.807) is 18.4 Å². The zero-order valence-corrected chi connectivity index (χ0v) is 11.5. The zero-order chi connectivity index (χ0) is 14.3. The lowest BCUT2D eigenvalue weighted by atomic mass is 10.0. The van der Waals surface area contributed by atoms with E-state index in [-0.39, 0.29) is 5.56 Å². The molecule has 3 heteroatoms. The van der Waals surface area contributed by atoms with E-state index in [0.717, 1.165) is 12.0 Å². The number of benzene rings is 1. The number of hydrogen-bond acceptors (Lipinski definition) is 2. The number of carbonyl (C=O) groups is 1. The summed E-state index contributed by atoms with van der Waals surface area (Å²) in [4.78, 5) is 15.4. The van der Waals surface area contributed by atoms with Crippen molar-refractivity contribution in [3.63, 3.8) is 0 Å². The Hall–Kier alpha value is -2.03. The minimum Gasteiger partial charge on any atom is -0.298 e. The lowest BCUT2D eigenvalue weighted by Gasteiger charge is -2.10. The van der Waals surface area contributed by atoms with Gasteiger partial charge in [0, 0.05) is 17.3 Å². The van der Waals surface area contributed by atoms with Crippen LogP contribution in [0.2, 0.25) is 0 Å². The fourth-order valence-corrected chi connectivity index (χ4v) is 1.65. The second kappa shape index (κ2) is 7.41. The van der Waals surface area contributed by atoms with E-state index in [4.69, 9.17) is 0 Å². The molecule has 0 N–H and O–H groups in total. The average Bonchev–Trinajstić information content (AvgIpc) is 2.43. The van der Waals surface area contributed by atoms with Gasteiger partial charge in [-0.2, -0.15) is 0 Å². The summed E-state index contributed by atoms with van der Waals surface area (Å²) >= 11 is 0. The first-order chi connectivity index (χ1) is 9.15. The van der Waals surface area contributed by atoms with Crippen LogP contribution in [0.15, 0.2) is 40.9 Å². The van der Waals surface area contributed by atoms with Crippen molar-refractivity contribution >= 4 is 18.2 Å². The highest BCUT2D eigenvalue weighted by molar-refractivity contribution is 5.89. The Kier molecular flexibility index (Phi) is 5.86. The molecule has 0 unspecified atom stereocenters. The van der Waals surface area contributed by atoms with Gasteiger partial charge >= 0.3 is 0 Å². The summed E-state index contributed by atoms with van der Waals surface area (Å²) in [5.74, 6) is -0.426. The normalized spacial score (nSPS) is 13.1. The molecule has 100 valence electrons. The molecule has 0 aliphatic carbocycles. The molecular weight excluding hydrogens is 241 g/mol. The number of hydrogen-bond donors (Lipinski definition) is 0. The number of halogens is 1. The van der Waals surface area contributed by atoms with Crippen molar-refractivity contribution in [2.45, 2.75) is 27.2 Å². The first-order valence-electron chi connectivity index (χ1n) is 6.24. The zero-order valence-electron chi connectivity index (χ0n) is 11.5. The Morgan fingerprint density at radius 1 is 1.42 bits per heavy atom. The highest BCUT2D eigenvalue weighted by Gasteiger charge is 2.14. The Balaban J connectivity index is 3.46. The molecule has 0 fully saturated rings. The Labute approximate surface area is 113 Å². The topological polar surface area (TPSA) is 29.4 Å². The Morgan fingerprint density at radius 2 is 2.16 bits per heavy atom. The van der Waals surface area contributed by atoms with Crippen molar-refractivity contribution in [1.29, 1.82) is 0 Å². The van der Waals surface area contributed by atoms with Gasteiger partial charge in [0.2, 0.25) is 0 Å². The summed E-state index contributed by atoms with van der Waals surface area (Å²) in [6.45, 7) is 5.74. The third-order valence-electron chi connectivity index (χ3n) is 2.83. The van der Waals surface area contributed by atoms with Gasteiger partial charge in [-0.3, -0.25) is 9.79 Å². The van der Waals surface area contributed by atoms with Gasteiger partial charge in [0.15, 0.2) is 6.29 Å². The summed E-state index contributed by atoms with van der Waals surface area (Å²) in [7, 11) is 0. The minimum atomic E-state index is -0.426. The molecule has 0 heterocycles. The van der Waals surface area contributed by atoms with Crippen LogP contribution in [0.4, 0.5) is 4.39 Å². The van der Waals surface area contributed by atoms with Crippen LogP contribution >= 0.6 is 0 Å². The summed E-state index contributed by atoms with van der Waals surface area (Å²) in [6.07, 6.45) is 6.62. The highest BCUT2D eigenvalue weighted by atomic mass is 19.1. The van der Waals surface area contributed by atoms with Crippen LogP contribution in [0.25, 0.3) is 5.70 Å². The molecule has 1 aromatic carbocycles. The highest BCUT2D eigenvalue weighted by Crippen LogP contribution is 2.27. The van der Waals surface area contributed by atoms with Crippen LogP contribution < -0.4 is 0 Å². The van der Waals surface area contributed by atoms with E-state index in [1.165, 1.54) is 12.1 Å². The largest absolute Gasteiger partial charge is 0.298 e. The molecule has 0 saturated heterocycles. The maximum absolute atomic E-state index is 14.0. The summed E-state index contributed by atoms with van der Waals surface area (Å²) < 4.78 is 14.0. The fraction of sp³-hybridized carbons (Fsp3) is 0.250. The molecule has 0 spiro atoms. The quantitative estimate of drug-likeness (QED) is 0.568. The predicted molar refractivity (Wildman–Crippen MR) is 78.0 cm³/mol. The molecule has 2 nitrogen and oxygen atoms in total. The van der Waals surface area contributed by atoms with Gasteiger partial charge in [0.05, 0.1) is 5.70 Å². The first-order valence-corrected chi connectivity index (χ1v) is 6.24. The lowest BCUT2D eigenvalue weighted by Crippen LogP contribution is -1.98. The lowest BCUT2D eigenvalue weighted by molar-refractivity contribution is 0.112. The standard InChI is InChI=1S/C16H18FNO/c1-4-6-10-18-16(12(3)5-2)15-13(11-19)8-7-9-14(15)17/h4,6-11H,5H2,1-3H3/b6-4-,16-12+,18-10+. The Bertz CT molecular complexity index is 542. The van der Waals surface area contributed by atoms with Crippen molar-refractivity contribution in [2.24, 2.45) is 4.99 Å². The molecule has 0 aliphatic heterocycles. The van der Waals surface area contributed by atoms with Crippen molar-refractivity contribution in [1.82, 2.24) is 0 Å². The molecule has 0 amide bonds. The minimum absolute atomic E-state index is 0.276. The number of rotatable bonds is 5. The predicted octanol–water partition coefficient (Wildman–Crippen LogP) is 4.43. The van der Waals surface area contributed by atoms with Gasteiger partial charge in [0.25, 0.3) is 0 Å². The number of carbonyl (C=O) groups excluding carboxylic acids is 1.